The lowest BCUT2D eigenvalue weighted by Gasteiger charge is -2.37. The summed E-state index contributed by atoms with van der Waals surface area (Å²) in [5.41, 5.74) is 3.17. The summed E-state index contributed by atoms with van der Waals surface area (Å²) in [6, 6.07) is 8.85. The molecule has 2 unspecified atom stereocenters. The average Bonchev–Trinajstić information content (AvgIpc) is 2.94. The van der Waals surface area contributed by atoms with Crippen molar-refractivity contribution in [3.8, 4) is 5.75 Å². The molecule has 5 nitrogen and oxygen atoms in total. The fourth-order valence-electron chi connectivity index (χ4n) is 3.42. The fraction of sp³-hybridized carbons (Fsp3) is 0.550. The number of aliphatic hydroxyl groups is 1. The third-order valence-corrected chi connectivity index (χ3v) is 5.24. The number of hydrogen-bond acceptors (Lipinski definition) is 5. The number of aryl methyl sites for hydroxylation is 2. The molecule has 25 heavy (non-hydrogen) atoms. The van der Waals surface area contributed by atoms with Gasteiger partial charge in [-0.25, -0.2) is 0 Å². The van der Waals surface area contributed by atoms with Crippen LogP contribution in [0.15, 0.2) is 28.8 Å². The van der Waals surface area contributed by atoms with Crippen LogP contribution in [0.25, 0.3) is 0 Å². The zero-order valence-electron chi connectivity index (χ0n) is 15.4. The van der Waals surface area contributed by atoms with Crippen molar-refractivity contribution in [2.75, 3.05) is 13.2 Å². The first-order valence-corrected chi connectivity index (χ1v) is 9.05. The van der Waals surface area contributed by atoms with Gasteiger partial charge in [0.25, 0.3) is 0 Å². The summed E-state index contributed by atoms with van der Waals surface area (Å²) in [5, 5.41) is 13.4. The molecule has 0 spiro atoms. The minimum Gasteiger partial charge on any atom is -0.489 e. The number of aromatic nitrogens is 1. The third-order valence-electron chi connectivity index (χ3n) is 5.24. The molecule has 1 saturated heterocycles. The Morgan fingerprint density at radius 1 is 1.24 bits per heavy atom. The van der Waals surface area contributed by atoms with Crippen LogP contribution in [0.3, 0.4) is 0 Å². The van der Waals surface area contributed by atoms with Gasteiger partial charge in [0, 0.05) is 25.7 Å². The molecule has 1 aromatic carbocycles. The van der Waals surface area contributed by atoms with Crippen molar-refractivity contribution < 1.29 is 14.4 Å². The summed E-state index contributed by atoms with van der Waals surface area (Å²) in [5.74, 6) is 2.07. The highest BCUT2D eigenvalue weighted by Crippen LogP contribution is 2.24. The van der Waals surface area contributed by atoms with Crippen LogP contribution >= 0.6 is 0 Å². The van der Waals surface area contributed by atoms with Gasteiger partial charge in [-0.2, -0.15) is 0 Å². The lowest BCUT2D eigenvalue weighted by Crippen LogP contribution is -2.42. The van der Waals surface area contributed by atoms with Crippen LogP contribution < -0.4 is 4.74 Å². The van der Waals surface area contributed by atoms with Gasteiger partial charge in [-0.1, -0.05) is 17.3 Å². The highest BCUT2D eigenvalue weighted by Gasteiger charge is 2.24. The van der Waals surface area contributed by atoms with Gasteiger partial charge in [-0.15, -0.1) is 0 Å². The number of benzene rings is 1. The Kier molecular flexibility index (Phi) is 5.76. The molecular formula is C20H28N2O3. The summed E-state index contributed by atoms with van der Waals surface area (Å²) in [7, 11) is 0. The van der Waals surface area contributed by atoms with E-state index >= 15 is 0 Å². The van der Waals surface area contributed by atoms with E-state index in [-0.39, 0.29) is 6.61 Å². The summed E-state index contributed by atoms with van der Waals surface area (Å²) < 4.78 is 11.0. The number of piperidine rings is 1. The second kappa shape index (κ2) is 8.02. The molecule has 0 amide bonds. The number of hydrogen-bond donors (Lipinski definition) is 1. The molecule has 1 aromatic heterocycles. The molecule has 0 aliphatic carbocycles. The van der Waals surface area contributed by atoms with E-state index < -0.39 is 0 Å². The predicted octanol–water partition coefficient (Wildman–Crippen LogP) is 3.46. The van der Waals surface area contributed by atoms with Crippen LogP contribution in [0.4, 0.5) is 0 Å². The highest BCUT2D eigenvalue weighted by atomic mass is 16.5. The Bertz CT molecular complexity index is 661. The standard InChI is InChI=1S/C20H28N2O3/c1-14-4-5-18(12-23)11-22(14)10-17-6-8-19(9-7-17)24-13-20-15(2)21-25-16(20)3/h6-9,14,18,23H,4-5,10-13H2,1-3H3. The molecule has 1 aliphatic heterocycles. The molecule has 2 heterocycles. The number of likely N-dealkylation sites (tertiary alicyclic amines) is 1. The summed E-state index contributed by atoms with van der Waals surface area (Å²) in [6.07, 6.45) is 2.28. The van der Waals surface area contributed by atoms with E-state index in [0.717, 1.165) is 48.7 Å². The van der Waals surface area contributed by atoms with Crippen LogP contribution in [0.5, 0.6) is 5.75 Å². The van der Waals surface area contributed by atoms with Gasteiger partial charge >= 0.3 is 0 Å². The SMILES string of the molecule is Cc1noc(C)c1COc1ccc(CN2CC(CO)CCC2C)cc1. The summed E-state index contributed by atoms with van der Waals surface area (Å²) in [6.45, 7) is 8.76. The first kappa shape index (κ1) is 18.0. The van der Waals surface area contributed by atoms with Crippen molar-refractivity contribution in [3.63, 3.8) is 0 Å². The Hall–Kier alpha value is -1.85. The minimum absolute atomic E-state index is 0.289. The van der Waals surface area contributed by atoms with Crippen molar-refractivity contribution in [1.29, 1.82) is 0 Å². The van der Waals surface area contributed by atoms with Crippen LogP contribution in [0.2, 0.25) is 0 Å². The van der Waals surface area contributed by atoms with Gasteiger partial charge in [0.05, 0.1) is 11.3 Å². The molecular weight excluding hydrogens is 316 g/mol. The Morgan fingerprint density at radius 3 is 2.64 bits per heavy atom. The number of aliphatic hydroxyl groups excluding tert-OH is 1. The number of ether oxygens (including phenoxy) is 1. The second-order valence-corrected chi connectivity index (χ2v) is 7.14. The zero-order valence-corrected chi connectivity index (χ0v) is 15.4. The van der Waals surface area contributed by atoms with E-state index in [9.17, 15) is 5.11 Å². The molecule has 3 rings (SSSR count). The molecule has 5 heteroatoms. The Labute approximate surface area is 149 Å². The Balaban J connectivity index is 1.56. The van der Waals surface area contributed by atoms with E-state index in [0.29, 0.717) is 18.6 Å². The van der Waals surface area contributed by atoms with Crippen LogP contribution in [0.1, 0.15) is 42.3 Å². The van der Waals surface area contributed by atoms with E-state index in [1.165, 1.54) is 5.56 Å². The van der Waals surface area contributed by atoms with Crippen molar-refractivity contribution in [2.45, 2.75) is 52.8 Å². The molecule has 136 valence electrons. The highest BCUT2D eigenvalue weighted by molar-refractivity contribution is 5.28. The molecule has 0 saturated carbocycles. The molecule has 0 bridgehead atoms. The van der Waals surface area contributed by atoms with Crippen LogP contribution in [0, 0.1) is 19.8 Å². The van der Waals surface area contributed by atoms with Crippen molar-refractivity contribution in [3.05, 3.63) is 46.8 Å². The average molecular weight is 344 g/mol. The van der Waals surface area contributed by atoms with Gasteiger partial charge in [0.1, 0.15) is 18.1 Å². The quantitative estimate of drug-likeness (QED) is 0.869. The largest absolute Gasteiger partial charge is 0.489 e. The van der Waals surface area contributed by atoms with Gasteiger partial charge in [0.15, 0.2) is 0 Å². The van der Waals surface area contributed by atoms with Gasteiger partial charge in [-0.05, 0) is 57.2 Å². The molecule has 0 radical (unpaired) electrons. The maximum absolute atomic E-state index is 9.42. The molecule has 1 fully saturated rings. The monoisotopic (exact) mass is 344 g/mol. The van der Waals surface area contributed by atoms with E-state index in [1.807, 2.05) is 26.0 Å². The molecule has 2 aromatic rings. The minimum atomic E-state index is 0.289. The first-order chi connectivity index (χ1) is 12.1. The second-order valence-electron chi connectivity index (χ2n) is 7.14. The van der Waals surface area contributed by atoms with E-state index in [4.69, 9.17) is 9.26 Å². The van der Waals surface area contributed by atoms with Crippen molar-refractivity contribution in [1.82, 2.24) is 10.1 Å². The smallest absolute Gasteiger partial charge is 0.140 e. The van der Waals surface area contributed by atoms with Crippen LogP contribution in [-0.4, -0.2) is 34.4 Å². The van der Waals surface area contributed by atoms with Gasteiger partial charge in [-0.3, -0.25) is 4.90 Å². The fourth-order valence-corrected chi connectivity index (χ4v) is 3.42. The first-order valence-electron chi connectivity index (χ1n) is 9.05. The summed E-state index contributed by atoms with van der Waals surface area (Å²) in [4.78, 5) is 2.46. The van der Waals surface area contributed by atoms with Crippen LogP contribution in [-0.2, 0) is 13.2 Å². The topological polar surface area (TPSA) is 58.7 Å². The molecule has 1 aliphatic rings. The lowest BCUT2D eigenvalue weighted by molar-refractivity contribution is 0.0771. The third kappa shape index (κ3) is 4.41. The van der Waals surface area contributed by atoms with E-state index in [2.05, 4.69) is 29.1 Å². The number of nitrogens with zero attached hydrogens (tertiary/aromatic N) is 2. The number of rotatable bonds is 6. The lowest BCUT2D eigenvalue weighted by atomic mass is 9.93. The molecule has 1 N–H and O–H groups in total. The summed E-state index contributed by atoms with van der Waals surface area (Å²) >= 11 is 0. The van der Waals surface area contributed by atoms with E-state index in [1.54, 1.807) is 0 Å². The van der Waals surface area contributed by atoms with Gasteiger partial charge < -0.3 is 14.4 Å². The predicted molar refractivity (Wildman–Crippen MR) is 96.4 cm³/mol. The Morgan fingerprint density at radius 2 is 2.00 bits per heavy atom. The molecule has 2 atom stereocenters. The normalized spacial score (nSPS) is 21.4. The zero-order chi connectivity index (χ0) is 17.8. The van der Waals surface area contributed by atoms with Gasteiger partial charge in [0.2, 0.25) is 0 Å². The van der Waals surface area contributed by atoms with Crippen molar-refractivity contribution >= 4 is 0 Å². The maximum atomic E-state index is 9.42. The maximum Gasteiger partial charge on any atom is 0.140 e. The van der Waals surface area contributed by atoms with Crippen molar-refractivity contribution in [2.24, 2.45) is 5.92 Å².